The van der Waals surface area contributed by atoms with E-state index >= 15 is 0 Å². The summed E-state index contributed by atoms with van der Waals surface area (Å²) in [6, 6.07) is 19.4. The molecular weight excluding hydrogens is 470 g/mol. The number of carbonyl (C=O) groups excluding carboxylic acids is 1. The number of ether oxygens (including phenoxy) is 3. The highest BCUT2D eigenvalue weighted by Gasteiger charge is 2.25. The zero-order valence-corrected chi connectivity index (χ0v) is 20.2. The molecule has 0 saturated heterocycles. The topological polar surface area (TPSA) is 95.7 Å². The molecule has 4 rings (SSSR count). The molecule has 1 atom stereocenters. The highest BCUT2D eigenvalue weighted by Crippen LogP contribution is 2.40. The zero-order valence-electron chi connectivity index (χ0n) is 19.4. The Morgan fingerprint density at radius 1 is 0.971 bits per heavy atom. The summed E-state index contributed by atoms with van der Waals surface area (Å²) >= 11 is 6.23. The molecule has 1 heterocycles. The van der Waals surface area contributed by atoms with Crippen LogP contribution in [0.1, 0.15) is 27.9 Å². The van der Waals surface area contributed by atoms with Crippen LogP contribution in [-0.2, 0) is 6.42 Å². The van der Waals surface area contributed by atoms with Crippen molar-refractivity contribution in [2.24, 2.45) is 0 Å². The molecule has 0 bridgehead atoms. The molecule has 0 aliphatic heterocycles. The van der Waals surface area contributed by atoms with E-state index in [9.17, 15) is 4.79 Å². The minimum Gasteiger partial charge on any atom is -0.493 e. The fourth-order valence-corrected chi connectivity index (χ4v) is 3.86. The molecule has 4 aromatic rings. The molecule has 0 aliphatic rings. The SMILES string of the molecule is COc1cc(-c2noc(C(Cc3ccccc3)NC(=O)c3ccccc3Cl)n2)cc(OC)c1OC. The van der Waals surface area contributed by atoms with Crippen LogP contribution in [0.15, 0.2) is 71.3 Å². The number of methoxy groups -OCH3 is 3. The lowest BCUT2D eigenvalue weighted by Gasteiger charge is -2.16. The van der Waals surface area contributed by atoms with Crippen molar-refractivity contribution in [1.29, 1.82) is 0 Å². The predicted octanol–water partition coefficient (Wildman–Crippen LogP) is 5.13. The van der Waals surface area contributed by atoms with Gasteiger partial charge in [0.15, 0.2) is 11.5 Å². The first-order valence-corrected chi connectivity index (χ1v) is 11.1. The lowest BCUT2D eigenvalue weighted by Crippen LogP contribution is -2.30. The zero-order chi connectivity index (χ0) is 24.8. The third-order valence-electron chi connectivity index (χ3n) is 5.37. The Labute approximate surface area is 207 Å². The number of nitrogens with one attached hydrogen (secondary N) is 1. The Balaban J connectivity index is 1.68. The molecule has 1 amide bonds. The normalized spacial score (nSPS) is 11.5. The lowest BCUT2D eigenvalue weighted by atomic mass is 10.1. The molecule has 35 heavy (non-hydrogen) atoms. The van der Waals surface area contributed by atoms with Crippen LogP contribution in [0.4, 0.5) is 0 Å². The predicted molar refractivity (Wildman–Crippen MR) is 131 cm³/mol. The summed E-state index contributed by atoms with van der Waals surface area (Å²) in [6.45, 7) is 0. The van der Waals surface area contributed by atoms with Crippen LogP contribution in [0, 0.1) is 0 Å². The third kappa shape index (κ3) is 5.38. The maximum absolute atomic E-state index is 13.0. The Kier molecular flexibility index (Phi) is 7.52. The van der Waals surface area contributed by atoms with Gasteiger partial charge in [0.1, 0.15) is 6.04 Å². The first-order chi connectivity index (χ1) is 17.0. The van der Waals surface area contributed by atoms with Gasteiger partial charge in [-0.1, -0.05) is 59.2 Å². The van der Waals surface area contributed by atoms with E-state index in [0.29, 0.717) is 45.6 Å². The second kappa shape index (κ2) is 10.9. The number of hydrogen-bond donors (Lipinski definition) is 1. The van der Waals surface area contributed by atoms with Gasteiger partial charge in [0.2, 0.25) is 17.5 Å². The fraction of sp³-hybridized carbons (Fsp3) is 0.192. The monoisotopic (exact) mass is 493 g/mol. The van der Waals surface area contributed by atoms with Crippen LogP contribution >= 0.6 is 11.6 Å². The first kappa shape index (κ1) is 24.1. The van der Waals surface area contributed by atoms with E-state index in [1.165, 1.54) is 21.3 Å². The quantitative estimate of drug-likeness (QED) is 0.345. The van der Waals surface area contributed by atoms with Gasteiger partial charge < -0.3 is 24.1 Å². The number of halogens is 1. The number of amides is 1. The summed E-state index contributed by atoms with van der Waals surface area (Å²) in [7, 11) is 4.59. The number of benzene rings is 3. The standard InChI is InChI=1S/C26H24ClN3O5/c1-32-21-14-17(15-22(33-2)23(21)34-3)24-29-26(35-30-24)20(13-16-9-5-4-6-10-16)28-25(31)18-11-7-8-12-19(18)27/h4-12,14-15,20H,13H2,1-3H3,(H,28,31). The maximum Gasteiger partial charge on any atom is 0.253 e. The summed E-state index contributed by atoms with van der Waals surface area (Å²) in [4.78, 5) is 17.6. The molecule has 1 aromatic heterocycles. The Morgan fingerprint density at radius 2 is 1.63 bits per heavy atom. The summed E-state index contributed by atoms with van der Waals surface area (Å²) in [5.74, 6) is 1.59. The van der Waals surface area contributed by atoms with Gasteiger partial charge in [-0.3, -0.25) is 4.79 Å². The number of hydrogen-bond acceptors (Lipinski definition) is 7. The smallest absolute Gasteiger partial charge is 0.253 e. The number of rotatable bonds is 9. The van der Waals surface area contributed by atoms with Crippen molar-refractivity contribution in [2.75, 3.05) is 21.3 Å². The molecular formula is C26H24ClN3O5. The van der Waals surface area contributed by atoms with Crippen molar-refractivity contribution in [3.63, 3.8) is 0 Å². The molecule has 0 spiro atoms. The first-order valence-electron chi connectivity index (χ1n) is 10.8. The van der Waals surface area contributed by atoms with E-state index in [-0.39, 0.29) is 11.8 Å². The molecule has 180 valence electrons. The maximum atomic E-state index is 13.0. The number of aromatic nitrogens is 2. The van der Waals surface area contributed by atoms with Gasteiger partial charge in [-0.15, -0.1) is 0 Å². The van der Waals surface area contributed by atoms with Crippen LogP contribution < -0.4 is 19.5 Å². The van der Waals surface area contributed by atoms with Gasteiger partial charge in [0, 0.05) is 12.0 Å². The fourth-order valence-electron chi connectivity index (χ4n) is 3.64. The Morgan fingerprint density at radius 3 is 2.26 bits per heavy atom. The van der Waals surface area contributed by atoms with Gasteiger partial charge in [0.25, 0.3) is 5.91 Å². The van der Waals surface area contributed by atoms with E-state index < -0.39 is 6.04 Å². The van der Waals surface area contributed by atoms with Gasteiger partial charge in [-0.05, 0) is 29.8 Å². The molecule has 8 nitrogen and oxygen atoms in total. The molecule has 9 heteroatoms. The van der Waals surface area contributed by atoms with Crippen molar-refractivity contribution < 1.29 is 23.5 Å². The van der Waals surface area contributed by atoms with Gasteiger partial charge in [-0.25, -0.2) is 0 Å². The van der Waals surface area contributed by atoms with E-state index in [1.807, 2.05) is 30.3 Å². The molecule has 0 aliphatic carbocycles. The number of carbonyl (C=O) groups is 1. The summed E-state index contributed by atoms with van der Waals surface area (Å²) in [5.41, 5.74) is 1.95. The van der Waals surface area contributed by atoms with Crippen molar-refractivity contribution >= 4 is 17.5 Å². The van der Waals surface area contributed by atoms with Gasteiger partial charge in [-0.2, -0.15) is 4.98 Å². The Hall–Kier alpha value is -4.04. The highest BCUT2D eigenvalue weighted by atomic mass is 35.5. The molecule has 3 aromatic carbocycles. The van der Waals surface area contributed by atoms with Crippen LogP contribution in [0.3, 0.4) is 0 Å². The molecule has 0 radical (unpaired) electrons. The molecule has 0 fully saturated rings. The minimum atomic E-state index is -0.593. The second-order valence-electron chi connectivity index (χ2n) is 7.57. The molecule has 0 saturated carbocycles. The van der Waals surface area contributed by atoms with Crippen molar-refractivity contribution in [1.82, 2.24) is 15.5 Å². The average Bonchev–Trinajstić information content (AvgIpc) is 3.38. The summed E-state index contributed by atoms with van der Waals surface area (Å²) in [5, 5.41) is 7.47. The summed E-state index contributed by atoms with van der Waals surface area (Å²) in [6.07, 6.45) is 0.438. The van der Waals surface area contributed by atoms with Crippen molar-refractivity contribution in [2.45, 2.75) is 12.5 Å². The third-order valence-corrected chi connectivity index (χ3v) is 5.70. The molecule has 1 unspecified atom stereocenters. The van der Waals surface area contributed by atoms with Crippen LogP contribution in [0.2, 0.25) is 5.02 Å². The van der Waals surface area contributed by atoms with Gasteiger partial charge >= 0.3 is 0 Å². The lowest BCUT2D eigenvalue weighted by molar-refractivity contribution is 0.0928. The van der Waals surface area contributed by atoms with Crippen LogP contribution in [0.25, 0.3) is 11.4 Å². The Bertz CT molecular complexity index is 1280. The average molecular weight is 494 g/mol. The highest BCUT2D eigenvalue weighted by molar-refractivity contribution is 6.33. The minimum absolute atomic E-state index is 0.248. The van der Waals surface area contributed by atoms with Crippen LogP contribution in [0.5, 0.6) is 17.2 Å². The van der Waals surface area contributed by atoms with Crippen molar-refractivity contribution in [3.05, 3.63) is 88.8 Å². The van der Waals surface area contributed by atoms with Crippen LogP contribution in [-0.4, -0.2) is 37.4 Å². The largest absolute Gasteiger partial charge is 0.493 e. The molecule has 1 N–H and O–H groups in total. The van der Waals surface area contributed by atoms with E-state index in [0.717, 1.165) is 5.56 Å². The van der Waals surface area contributed by atoms with Crippen molar-refractivity contribution in [3.8, 4) is 28.6 Å². The van der Waals surface area contributed by atoms with Gasteiger partial charge in [0.05, 0.1) is 31.9 Å². The second-order valence-corrected chi connectivity index (χ2v) is 7.97. The summed E-state index contributed by atoms with van der Waals surface area (Å²) < 4.78 is 21.8. The van der Waals surface area contributed by atoms with E-state index in [2.05, 4.69) is 15.5 Å². The van der Waals surface area contributed by atoms with E-state index in [4.69, 9.17) is 30.3 Å². The number of nitrogens with zero attached hydrogens (tertiary/aromatic N) is 2. The van der Waals surface area contributed by atoms with E-state index in [1.54, 1.807) is 36.4 Å².